The van der Waals surface area contributed by atoms with Crippen LogP contribution in [0.1, 0.15) is 44.9 Å². The molecular weight excluding hydrogens is 230 g/mol. The maximum Gasteiger partial charge on any atom is 0.240 e. The van der Waals surface area contributed by atoms with E-state index in [9.17, 15) is 9.59 Å². The highest BCUT2D eigenvalue weighted by Gasteiger charge is 2.38. The molecule has 1 saturated carbocycles. The molecule has 4 N–H and O–H groups in total. The molecule has 3 atom stereocenters. The van der Waals surface area contributed by atoms with E-state index in [1.54, 1.807) is 4.90 Å². The van der Waals surface area contributed by atoms with Crippen LogP contribution >= 0.6 is 0 Å². The van der Waals surface area contributed by atoms with Gasteiger partial charge in [0.05, 0.1) is 5.92 Å². The molecule has 2 amide bonds. The molecule has 0 bridgehead atoms. The van der Waals surface area contributed by atoms with Gasteiger partial charge in [0.15, 0.2) is 0 Å². The van der Waals surface area contributed by atoms with Gasteiger partial charge in [-0.1, -0.05) is 19.3 Å². The largest absolute Gasteiger partial charge is 0.368 e. The van der Waals surface area contributed by atoms with E-state index in [0.717, 1.165) is 38.5 Å². The molecule has 102 valence electrons. The maximum atomic E-state index is 12.5. The van der Waals surface area contributed by atoms with Crippen molar-refractivity contribution in [3.8, 4) is 0 Å². The summed E-state index contributed by atoms with van der Waals surface area (Å²) in [6, 6.07) is -0.470. The normalized spacial score (nSPS) is 33.2. The van der Waals surface area contributed by atoms with Crippen LogP contribution in [0.15, 0.2) is 0 Å². The van der Waals surface area contributed by atoms with E-state index < -0.39 is 6.04 Å². The molecular formula is C13H23N3O2. The number of carbonyl (C=O) groups is 2. The number of rotatable bonds is 2. The Kier molecular flexibility index (Phi) is 4.22. The van der Waals surface area contributed by atoms with Crippen molar-refractivity contribution in [2.45, 2.75) is 57.0 Å². The number of primary amides is 1. The molecule has 0 aromatic rings. The van der Waals surface area contributed by atoms with Crippen molar-refractivity contribution in [2.24, 2.45) is 17.4 Å². The minimum absolute atomic E-state index is 0.0469. The molecule has 5 nitrogen and oxygen atoms in total. The average molecular weight is 253 g/mol. The van der Waals surface area contributed by atoms with E-state index in [-0.39, 0.29) is 23.8 Å². The molecule has 2 aliphatic rings. The average Bonchev–Trinajstić information content (AvgIpc) is 2.72. The first-order chi connectivity index (χ1) is 8.61. The summed E-state index contributed by atoms with van der Waals surface area (Å²) in [5.74, 6) is -0.457. The predicted octanol–water partition coefficient (Wildman–Crippen LogP) is 0.370. The highest BCUT2D eigenvalue weighted by Crippen LogP contribution is 2.27. The van der Waals surface area contributed by atoms with Crippen molar-refractivity contribution >= 4 is 11.8 Å². The topological polar surface area (TPSA) is 89.4 Å². The molecule has 3 unspecified atom stereocenters. The van der Waals surface area contributed by atoms with Crippen molar-refractivity contribution in [1.29, 1.82) is 0 Å². The van der Waals surface area contributed by atoms with Gasteiger partial charge in [0, 0.05) is 12.6 Å². The lowest BCUT2D eigenvalue weighted by Gasteiger charge is -2.29. The van der Waals surface area contributed by atoms with Crippen LogP contribution in [-0.4, -0.2) is 35.3 Å². The zero-order chi connectivity index (χ0) is 13.1. The van der Waals surface area contributed by atoms with Gasteiger partial charge < -0.3 is 16.4 Å². The number of hydrogen-bond donors (Lipinski definition) is 2. The second-order valence-electron chi connectivity index (χ2n) is 5.50. The third-order valence-electron chi connectivity index (χ3n) is 4.25. The lowest BCUT2D eigenvalue weighted by molar-refractivity contribution is -0.141. The van der Waals surface area contributed by atoms with E-state index in [4.69, 9.17) is 11.5 Å². The van der Waals surface area contributed by atoms with Gasteiger partial charge in [-0.3, -0.25) is 9.59 Å². The van der Waals surface area contributed by atoms with Crippen molar-refractivity contribution in [2.75, 3.05) is 6.54 Å². The van der Waals surface area contributed by atoms with Crippen LogP contribution < -0.4 is 11.5 Å². The van der Waals surface area contributed by atoms with Crippen LogP contribution in [0.2, 0.25) is 0 Å². The summed E-state index contributed by atoms with van der Waals surface area (Å²) < 4.78 is 0. The Balaban J connectivity index is 2.07. The highest BCUT2D eigenvalue weighted by molar-refractivity contribution is 5.88. The van der Waals surface area contributed by atoms with Crippen molar-refractivity contribution in [3.63, 3.8) is 0 Å². The van der Waals surface area contributed by atoms with Gasteiger partial charge in [-0.05, 0) is 25.7 Å². The van der Waals surface area contributed by atoms with E-state index in [1.165, 1.54) is 0 Å². The number of carbonyl (C=O) groups excluding carboxylic acids is 2. The first-order valence-electron chi connectivity index (χ1n) is 6.96. The van der Waals surface area contributed by atoms with E-state index >= 15 is 0 Å². The number of nitrogens with two attached hydrogens (primary N) is 2. The van der Waals surface area contributed by atoms with Gasteiger partial charge in [-0.15, -0.1) is 0 Å². The summed E-state index contributed by atoms with van der Waals surface area (Å²) in [5.41, 5.74) is 11.5. The molecule has 0 aromatic carbocycles. The Morgan fingerprint density at radius 3 is 2.44 bits per heavy atom. The van der Waals surface area contributed by atoms with Crippen LogP contribution in [0.4, 0.5) is 0 Å². The van der Waals surface area contributed by atoms with Gasteiger partial charge in [0.25, 0.3) is 0 Å². The molecule has 1 aliphatic carbocycles. The number of hydrogen-bond acceptors (Lipinski definition) is 3. The molecule has 18 heavy (non-hydrogen) atoms. The van der Waals surface area contributed by atoms with Crippen LogP contribution in [0.25, 0.3) is 0 Å². The molecule has 2 rings (SSSR count). The SMILES string of the molecule is NC(=O)C1CCCN1C(=O)C1CCCCCC1N. The number of likely N-dealkylation sites (tertiary alicyclic amines) is 1. The Morgan fingerprint density at radius 1 is 1.00 bits per heavy atom. The van der Waals surface area contributed by atoms with Gasteiger partial charge in [-0.25, -0.2) is 0 Å². The Bertz CT molecular complexity index is 332. The third kappa shape index (κ3) is 2.66. The van der Waals surface area contributed by atoms with Crippen molar-refractivity contribution in [1.82, 2.24) is 4.90 Å². The number of nitrogens with zero attached hydrogens (tertiary/aromatic N) is 1. The third-order valence-corrected chi connectivity index (χ3v) is 4.25. The number of amides is 2. The molecule has 0 spiro atoms. The first kappa shape index (κ1) is 13.3. The summed E-state index contributed by atoms with van der Waals surface area (Å²) in [6.45, 7) is 0.648. The smallest absolute Gasteiger partial charge is 0.240 e. The summed E-state index contributed by atoms with van der Waals surface area (Å²) in [7, 11) is 0. The van der Waals surface area contributed by atoms with E-state index in [2.05, 4.69) is 0 Å². The molecule has 1 saturated heterocycles. The highest BCUT2D eigenvalue weighted by atomic mass is 16.2. The quantitative estimate of drug-likeness (QED) is 0.697. The Hall–Kier alpha value is -1.10. The lowest BCUT2D eigenvalue weighted by atomic mass is 9.93. The molecule has 2 fully saturated rings. The Labute approximate surface area is 108 Å². The zero-order valence-corrected chi connectivity index (χ0v) is 10.8. The zero-order valence-electron chi connectivity index (χ0n) is 10.8. The molecule has 0 radical (unpaired) electrons. The van der Waals surface area contributed by atoms with Gasteiger partial charge in [0.2, 0.25) is 11.8 Å². The van der Waals surface area contributed by atoms with Crippen LogP contribution in [0, 0.1) is 5.92 Å². The summed E-state index contributed by atoms with van der Waals surface area (Å²) in [6.07, 6.45) is 6.62. The molecule has 1 heterocycles. The fourth-order valence-corrected chi connectivity index (χ4v) is 3.18. The minimum atomic E-state index is -0.409. The summed E-state index contributed by atoms with van der Waals surface area (Å²) in [5, 5.41) is 0. The fourth-order valence-electron chi connectivity index (χ4n) is 3.18. The van der Waals surface area contributed by atoms with Crippen LogP contribution in [0.3, 0.4) is 0 Å². The second-order valence-corrected chi connectivity index (χ2v) is 5.50. The maximum absolute atomic E-state index is 12.5. The van der Waals surface area contributed by atoms with E-state index in [0.29, 0.717) is 13.0 Å². The van der Waals surface area contributed by atoms with Gasteiger partial charge >= 0.3 is 0 Å². The lowest BCUT2D eigenvalue weighted by Crippen LogP contribution is -2.49. The fraction of sp³-hybridized carbons (Fsp3) is 0.846. The van der Waals surface area contributed by atoms with Crippen LogP contribution in [-0.2, 0) is 9.59 Å². The van der Waals surface area contributed by atoms with Gasteiger partial charge in [0.1, 0.15) is 6.04 Å². The molecule has 0 aromatic heterocycles. The summed E-state index contributed by atoms with van der Waals surface area (Å²) in [4.78, 5) is 25.5. The van der Waals surface area contributed by atoms with Gasteiger partial charge in [-0.2, -0.15) is 0 Å². The summed E-state index contributed by atoms with van der Waals surface area (Å²) >= 11 is 0. The standard InChI is InChI=1S/C13H23N3O2/c14-10-6-3-1-2-5-9(10)13(18)16-8-4-7-11(16)12(15)17/h9-11H,1-8,14H2,(H2,15,17). The monoisotopic (exact) mass is 253 g/mol. The first-order valence-corrected chi connectivity index (χ1v) is 6.96. The molecule has 5 heteroatoms. The minimum Gasteiger partial charge on any atom is -0.368 e. The van der Waals surface area contributed by atoms with Crippen molar-refractivity contribution < 1.29 is 9.59 Å². The predicted molar refractivity (Wildman–Crippen MR) is 68.5 cm³/mol. The van der Waals surface area contributed by atoms with Crippen molar-refractivity contribution in [3.05, 3.63) is 0 Å². The van der Waals surface area contributed by atoms with E-state index in [1.807, 2.05) is 0 Å². The van der Waals surface area contributed by atoms with Crippen LogP contribution in [0.5, 0.6) is 0 Å². The Morgan fingerprint density at radius 2 is 1.72 bits per heavy atom. The molecule has 1 aliphatic heterocycles. The second kappa shape index (κ2) is 5.69.